The molecule has 2 fully saturated rings. The van der Waals surface area contributed by atoms with Crippen LogP contribution < -0.4 is 0 Å². The maximum Gasteiger partial charge on any atom is 0.303 e. The van der Waals surface area contributed by atoms with E-state index in [0.717, 1.165) is 36.6 Å². The summed E-state index contributed by atoms with van der Waals surface area (Å²) < 4.78 is 1.94. The number of hydrogen-bond donors (Lipinski definition) is 1. The molecular formula is C12H18N4O2S. The van der Waals surface area contributed by atoms with Gasteiger partial charge in [-0.05, 0) is 41.5 Å². The number of rotatable bonds is 6. The van der Waals surface area contributed by atoms with Crippen LogP contribution in [0.1, 0.15) is 51.0 Å². The van der Waals surface area contributed by atoms with Crippen LogP contribution >= 0.6 is 11.8 Å². The van der Waals surface area contributed by atoms with Gasteiger partial charge in [0.05, 0.1) is 12.5 Å². The molecule has 1 aromatic heterocycles. The molecule has 0 spiro atoms. The number of hydrogen-bond acceptors (Lipinski definition) is 5. The third kappa shape index (κ3) is 2.91. The van der Waals surface area contributed by atoms with Gasteiger partial charge in [-0.25, -0.2) is 4.68 Å². The van der Waals surface area contributed by atoms with Gasteiger partial charge in [0, 0.05) is 5.75 Å². The van der Waals surface area contributed by atoms with Crippen LogP contribution in [-0.4, -0.2) is 37.0 Å². The highest BCUT2D eigenvalue weighted by Crippen LogP contribution is 2.51. The van der Waals surface area contributed by atoms with Gasteiger partial charge in [-0.1, -0.05) is 24.6 Å². The average Bonchev–Trinajstić information content (AvgIpc) is 2.86. The maximum atomic E-state index is 10.8. The molecule has 19 heavy (non-hydrogen) atoms. The Kier molecular flexibility index (Phi) is 3.47. The van der Waals surface area contributed by atoms with Gasteiger partial charge < -0.3 is 5.11 Å². The van der Waals surface area contributed by atoms with Gasteiger partial charge in [-0.15, -0.1) is 5.10 Å². The molecule has 0 aromatic carbocycles. The number of carboxylic acid groups (broad SMARTS) is 1. The second-order valence-corrected chi connectivity index (χ2v) is 6.65. The van der Waals surface area contributed by atoms with Crippen LogP contribution in [0.15, 0.2) is 5.16 Å². The molecule has 1 aromatic rings. The smallest absolute Gasteiger partial charge is 0.303 e. The zero-order valence-corrected chi connectivity index (χ0v) is 11.6. The molecule has 1 heterocycles. The Labute approximate surface area is 115 Å². The van der Waals surface area contributed by atoms with Gasteiger partial charge in [0.15, 0.2) is 0 Å². The van der Waals surface area contributed by atoms with Crippen molar-refractivity contribution in [1.82, 2.24) is 20.2 Å². The fraction of sp³-hybridized carbons (Fsp3) is 0.833. The molecule has 0 amide bonds. The number of nitrogens with zero attached hydrogens (tertiary/aromatic N) is 4. The van der Waals surface area contributed by atoms with Crippen LogP contribution in [0.25, 0.3) is 0 Å². The topological polar surface area (TPSA) is 80.9 Å². The van der Waals surface area contributed by atoms with E-state index in [1.807, 2.05) is 4.68 Å². The van der Waals surface area contributed by atoms with E-state index in [9.17, 15) is 4.79 Å². The van der Waals surface area contributed by atoms with Crippen molar-refractivity contribution < 1.29 is 9.90 Å². The minimum atomic E-state index is -0.700. The lowest BCUT2D eigenvalue weighted by Crippen LogP contribution is -2.13. The Balaban J connectivity index is 1.61. The highest BCUT2D eigenvalue weighted by Gasteiger charge is 2.44. The summed E-state index contributed by atoms with van der Waals surface area (Å²) in [5.74, 6) is 0.111. The van der Waals surface area contributed by atoms with Crippen LogP contribution in [0.2, 0.25) is 0 Å². The Morgan fingerprint density at radius 2 is 2.16 bits per heavy atom. The molecule has 2 aliphatic carbocycles. The van der Waals surface area contributed by atoms with Crippen molar-refractivity contribution >= 4 is 17.7 Å². The second kappa shape index (κ2) is 5.11. The summed E-state index contributed by atoms with van der Waals surface area (Å²) in [5.41, 5.74) is -0.0110. The number of aliphatic carboxylic acids is 1. The first-order valence-corrected chi connectivity index (χ1v) is 7.80. The van der Waals surface area contributed by atoms with Gasteiger partial charge in [0.25, 0.3) is 0 Å². The largest absolute Gasteiger partial charge is 0.481 e. The number of carboxylic acids is 1. The molecule has 6 nitrogen and oxygen atoms in total. The molecule has 1 N–H and O–H groups in total. The van der Waals surface area contributed by atoms with Gasteiger partial charge >= 0.3 is 5.97 Å². The fourth-order valence-electron chi connectivity index (χ4n) is 2.75. The van der Waals surface area contributed by atoms with Gasteiger partial charge in [-0.3, -0.25) is 4.79 Å². The quantitative estimate of drug-likeness (QED) is 0.805. The molecule has 0 unspecified atom stereocenters. The van der Waals surface area contributed by atoms with Crippen LogP contribution in [-0.2, 0) is 4.79 Å². The van der Waals surface area contributed by atoms with Crippen LogP contribution in [0.4, 0.5) is 0 Å². The van der Waals surface area contributed by atoms with Crippen molar-refractivity contribution in [2.75, 3.05) is 5.75 Å². The minimum absolute atomic E-state index is 0.0110. The first kappa shape index (κ1) is 12.9. The lowest BCUT2D eigenvalue weighted by Gasteiger charge is -2.13. The van der Waals surface area contributed by atoms with Crippen molar-refractivity contribution in [3.63, 3.8) is 0 Å². The highest BCUT2D eigenvalue weighted by atomic mass is 32.2. The minimum Gasteiger partial charge on any atom is -0.481 e. The van der Waals surface area contributed by atoms with Crippen molar-refractivity contribution in [3.8, 4) is 0 Å². The molecule has 0 aliphatic heterocycles. The van der Waals surface area contributed by atoms with E-state index in [4.69, 9.17) is 5.11 Å². The van der Waals surface area contributed by atoms with E-state index in [1.165, 1.54) is 12.8 Å². The SMILES string of the molecule is O=C(O)CC1(CSc2nnnn2C2CCCC2)CC1. The predicted octanol–water partition coefficient (Wildman–Crippen LogP) is 2.14. The average molecular weight is 282 g/mol. The monoisotopic (exact) mass is 282 g/mol. The maximum absolute atomic E-state index is 10.8. The first-order valence-electron chi connectivity index (χ1n) is 6.81. The third-order valence-corrected chi connectivity index (χ3v) is 5.41. The number of tetrazole rings is 1. The molecule has 2 aliphatic rings. The second-order valence-electron chi connectivity index (χ2n) is 5.70. The fourth-order valence-corrected chi connectivity index (χ4v) is 3.98. The Morgan fingerprint density at radius 3 is 2.79 bits per heavy atom. The van der Waals surface area contributed by atoms with Gasteiger partial charge in [0.2, 0.25) is 5.16 Å². The van der Waals surface area contributed by atoms with Crippen molar-refractivity contribution in [3.05, 3.63) is 0 Å². The molecule has 0 radical (unpaired) electrons. The zero-order valence-electron chi connectivity index (χ0n) is 10.8. The highest BCUT2D eigenvalue weighted by molar-refractivity contribution is 7.99. The summed E-state index contributed by atoms with van der Waals surface area (Å²) >= 11 is 1.62. The number of carbonyl (C=O) groups is 1. The summed E-state index contributed by atoms with van der Waals surface area (Å²) in [4.78, 5) is 10.8. The summed E-state index contributed by atoms with van der Waals surface area (Å²) in [5, 5.41) is 21.7. The molecule has 7 heteroatoms. The molecule has 0 bridgehead atoms. The molecule has 104 valence electrons. The lowest BCUT2D eigenvalue weighted by atomic mass is 10.1. The van der Waals surface area contributed by atoms with Crippen LogP contribution in [0.5, 0.6) is 0 Å². The Morgan fingerprint density at radius 1 is 1.42 bits per heavy atom. The number of thioether (sulfide) groups is 1. The predicted molar refractivity (Wildman–Crippen MR) is 70.0 cm³/mol. The van der Waals surface area contributed by atoms with E-state index in [2.05, 4.69) is 15.5 Å². The van der Waals surface area contributed by atoms with Crippen LogP contribution in [0, 0.1) is 5.41 Å². The van der Waals surface area contributed by atoms with Crippen molar-refractivity contribution in [1.29, 1.82) is 0 Å². The zero-order chi connectivity index (χ0) is 13.3. The molecule has 0 saturated heterocycles. The molecule has 0 atom stereocenters. The van der Waals surface area contributed by atoms with E-state index in [1.54, 1.807) is 11.8 Å². The van der Waals surface area contributed by atoms with Crippen LogP contribution in [0.3, 0.4) is 0 Å². The van der Waals surface area contributed by atoms with Gasteiger partial charge in [0.1, 0.15) is 0 Å². The van der Waals surface area contributed by atoms with E-state index < -0.39 is 5.97 Å². The molecule has 3 rings (SSSR count). The van der Waals surface area contributed by atoms with Gasteiger partial charge in [-0.2, -0.15) is 0 Å². The summed E-state index contributed by atoms with van der Waals surface area (Å²) in [7, 11) is 0. The van der Waals surface area contributed by atoms with E-state index in [0.29, 0.717) is 6.04 Å². The van der Waals surface area contributed by atoms with Crippen molar-refractivity contribution in [2.45, 2.75) is 56.1 Å². The summed E-state index contributed by atoms with van der Waals surface area (Å²) in [6.07, 6.45) is 7.09. The van der Waals surface area contributed by atoms with Crippen molar-refractivity contribution in [2.24, 2.45) is 5.41 Å². The Bertz CT molecular complexity index is 466. The lowest BCUT2D eigenvalue weighted by molar-refractivity contribution is -0.138. The van der Waals surface area contributed by atoms with E-state index >= 15 is 0 Å². The first-order chi connectivity index (χ1) is 9.19. The summed E-state index contributed by atoms with van der Waals surface area (Å²) in [6, 6.07) is 0.437. The summed E-state index contributed by atoms with van der Waals surface area (Å²) in [6.45, 7) is 0. The normalized spacial score (nSPS) is 21.7. The molecule has 2 saturated carbocycles. The standard InChI is InChI=1S/C12H18N4O2S/c17-10(18)7-12(5-6-12)8-19-11-13-14-15-16(11)9-3-1-2-4-9/h9H,1-8H2,(H,17,18). The molecular weight excluding hydrogens is 264 g/mol. The van der Waals surface area contributed by atoms with E-state index in [-0.39, 0.29) is 11.8 Å². The third-order valence-electron chi connectivity index (χ3n) is 4.12. The number of aromatic nitrogens is 4. The Hall–Kier alpha value is -1.11.